The standard InChI is InChI=1S/C19H21N3O3S/c1-23-13-8-11(9-14(24-2)17(13)25-3)22-18-16-12-6-4-5-7-15(12)26-19(16)21-10-20-18/h8-10H,4-7H2,1-3H3,(H,20,21,22). The molecule has 1 aromatic carbocycles. The molecule has 0 fully saturated rings. The molecule has 3 aromatic rings. The van der Waals surface area contributed by atoms with Crippen molar-refractivity contribution in [3.05, 3.63) is 28.9 Å². The van der Waals surface area contributed by atoms with Crippen LogP contribution in [0, 0.1) is 0 Å². The fourth-order valence-corrected chi connectivity index (χ4v) is 4.70. The van der Waals surface area contributed by atoms with Gasteiger partial charge in [-0.1, -0.05) is 0 Å². The molecule has 136 valence electrons. The van der Waals surface area contributed by atoms with Crippen LogP contribution in [0.25, 0.3) is 10.2 Å². The molecule has 0 saturated heterocycles. The van der Waals surface area contributed by atoms with E-state index in [1.165, 1.54) is 23.3 Å². The van der Waals surface area contributed by atoms with Crippen LogP contribution in [-0.4, -0.2) is 31.3 Å². The molecule has 0 amide bonds. The molecule has 1 aliphatic carbocycles. The molecule has 0 bridgehead atoms. The number of benzene rings is 1. The fraction of sp³-hybridized carbons (Fsp3) is 0.368. The van der Waals surface area contributed by atoms with Crippen molar-refractivity contribution in [2.75, 3.05) is 26.6 Å². The van der Waals surface area contributed by atoms with Crippen LogP contribution in [-0.2, 0) is 12.8 Å². The number of fused-ring (bicyclic) bond motifs is 3. The first kappa shape index (κ1) is 16.9. The maximum atomic E-state index is 5.44. The summed E-state index contributed by atoms with van der Waals surface area (Å²) in [4.78, 5) is 11.5. The summed E-state index contributed by atoms with van der Waals surface area (Å²) in [5.41, 5.74) is 2.22. The minimum atomic E-state index is 0.571. The number of thiophene rings is 1. The average molecular weight is 371 g/mol. The van der Waals surface area contributed by atoms with Crippen molar-refractivity contribution >= 4 is 33.1 Å². The molecule has 0 spiro atoms. The monoisotopic (exact) mass is 371 g/mol. The molecule has 2 heterocycles. The van der Waals surface area contributed by atoms with Crippen LogP contribution in [0.15, 0.2) is 18.5 Å². The molecule has 6 nitrogen and oxygen atoms in total. The summed E-state index contributed by atoms with van der Waals surface area (Å²) in [5.74, 6) is 2.60. The van der Waals surface area contributed by atoms with Gasteiger partial charge >= 0.3 is 0 Å². The summed E-state index contributed by atoms with van der Waals surface area (Å²) >= 11 is 1.79. The third-order valence-corrected chi connectivity index (χ3v) is 5.88. The van der Waals surface area contributed by atoms with Crippen molar-refractivity contribution in [3.63, 3.8) is 0 Å². The van der Waals surface area contributed by atoms with Gasteiger partial charge in [0.15, 0.2) is 11.5 Å². The van der Waals surface area contributed by atoms with Gasteiger partial charge in [-0.05, 0) is 31.2 Å². The van der Waals surface area contributed by atoms with E-state index in [-0.39, 0.29) is 0 Å². The molecule has 1 aliphatic rings. The first-order valence-corrected chi connectivity index (χ1v) is 9.39. The lowest BCUT2D eigenvalue weighted by Crippen LogP contribution is -2.02. The minimum Gasteiger partial charge on any atom is -0.493 e. The van der Waals surface area contributed by atoms with Gasteiger partial charge in [-0.15, -0.1) is 11.3 Å². The number of hydrogen-bond acceptors (Lipinski definition) is 7. The fourth-order valence-electron chi connectivity index (χ4n) is 3.47. The van der Waals surface area contributed by atoms with Crippen molar-refractivity contribution in [2.24, 2.45) is 0 Å². The lowest BCUT2D eigenvalue weighted by atomic mass is 9.97. The van der Waals surface area contributed by atoms with E-state index < -0.39 is 0 Å². The number of anilines is 2. The van der Waals surface area contributed by atoms with E-state index in [1.54, 1.807) is 39.0 Å². The molecule has 0 saturated carbocycles. The number of aromatic nitrogens is 2. The molecule has 2 aromatic heterocycles. The van der Waals surface area contributed by atoms with Gasteiger partial charge in [-0.3, -0.25) is 0 Å². The predicted molar refractivity (Wildman–Crippen MR) is 103 cm³/mol. The number of nitrogens with one attached hydrogen (secondary N) is 1. The Morgan fingerprint density at radius 2 is 1.69 bits per heavy atom. The van der Waals surface area contributed by atoms with Gasteiger partial charge in [0.25, 0.3) is 0 Å². The Bertz CT molecular complexity index is 930. The zero-order chi connectivity index (χ0) is 18.1. The van der Waals surface area contributed by atoms with Crippen LogP contribution in [0.3, 0.4) is 0 Å². The molecule has 1 N–H and O–H groups in total. The SMILES string of the molecule is COc1cc(Nc2ncnc3sc4c(c23)CCCC4)cc(OC)c1OC. The van der Waals surface area contributed by atoms with Crippen molar-refractivity contribution in [1.29, 1.82) is 0 Å². The molecule has 0 aliphatic heterocycles. The van der Waals surface area contributed by atoms with Crippen LogP contribution >= 0.6 is 11.3 Å². The molecule has 0 unspecified atom stereocenters. The molecule has 0 radical (unpaired) electrons. The number of aryl methyl sites for hydroxylation is 2. The second-order valence-corrected chi connectivity index (χ2v) is 7.24. The van der Waals surface area contributed by atoms with E-state index in [9.17, 15) is 0 Å². The van der Waals surface area contributed by atoms with E-state index in [4.69, 9.17) is 14.2 Å². The zero-order valence-electron chi connectivity index (χ0n) is 15.1. The van der Waals surface area contributed by atoms with Crippen molar-refractivity contribution in [1.82, 2.24) is 9.97 Å². The molecular formula is C19H21N3O3S. The number of nitrogens with zero attached hydrogens (tertiary/aromatic N) is 2. The van der Waals surface area contributed by atoms with E-state index >= 15 is 0 Å². The summed E-state index contributed by atoms with van der Waals surface area (Å²) in [6.07, 6.45) is 6.32. The van der Waals surface area contributed by atoms with Crippen molar-refractivity contribution in [2.45, 2.75) is 25.7 Å². The number of methoxy groups -OCH3 is 3. The third-order valence-electron chi connectivity index (χ3n) is 4.68. The topological polar surface area (TPSA) is 65.5 Å². The van der Waals surface area contributed by atoms with Gasteiger partial charge in [0.1, 0.15) is 17.0 Å². The smallest absolute Gasteiger partial charge is 0.203 e. The Labute approximate surface area is 156 Å². The first-order valence-electron chi connectivity index (χ1n) is 8.57. The summed E-state index contributed by atoms with van der Waals surface area (Å²) in [7, 11) is 4.82. The van der Waals surface area contributed by atoms with Crippen LogP contribution in [0.5, 0.6) is 17.2 Å². The van der Waals surface area contributed by atoms with Crippen LogP contribution < -0.4 is 19.5 Å². The maximum Gasteiger partial charge on any atom is 0.203 e. The van der Waals surface area contributed by atoms with Crippen molar-refractivity contribution < 1.29 is 14.2 Å². The number of rotatable bonds is 5. The second kappa shape index (κ2) is 6.99. The van der Waals surface area contributed by atoms with Crippen LogP contribution in [0.2, 0.25) is 0 Å². The van der Waals surface area contributed by atoms with E-state index in [0.717, 1.165) is 34.6 Å². The lowest BCUT2D eigenvalue weighted by Gasteiger charge is -2.16. The molecular weight excluding hydrogens is 350 g/mol. The van der Waals surface area contributed by atoms with E-state index in [0.29, 0.717) is 17.2 Å². The third kappa shape index (κ3) is 2.82. The quantitative estimate of drug-likeness (QED) is 0.720. The maximum absolute atomic E-state index is 5.44. The first-order chi connectivity index (χ1) is 12.7. The number of ether oxygens (including phenoxy) is 3. The Balaban J connectivity index is 1.79. The molecule has 4 rings (SSSR count). The highest BCUT2D eigenvalue weighted by Gasteiger charge is 2.20. The predicted octanol–water partition coefficient (Wildman–Crippen LogP) is 4.34. The van der Waals surface area contributed by atoms with Gasteiger partial charge in [-0.25, -0.2) is 9.97 Å². The van der Waals surface area contributed by atoms with Crippen molar-refractivity contribution in [3.8, 4) is 17.2 Å². The van der Waals surface area contributed by atoms with Gasteiger partial charge in [0, 0.05) is 22.7 Å². The minimum absolute atomic E-state index is 0.571. The molecule has 7 heteroatoms. The summed E-state index contributed by atoms with van der Waals surface area (Å²) in [6.45, 7) is 0. The Hall–Kier alpha value is -2.54. The average Bonchev–Trinajstić information content (AvgIpc) is 3.06. The van der Waals surface area contributed by atoms with E-state index in [2.05, 4.69) is 15.3 Å². The van der Waals surface area contributed by atoms with E-state index in [1.807, 2.05) is 12.1 Å². The Kier molecular flexibility index (Phi) is 4.55. The second-order valence-electron chi connectivity index (χ2n) is 6.15. The van der Waals surface area contributed by atoms with Gasteiger partial charge in [0.2, 0.25) is 5.75 Å². The van der Waals surface area contributed by atoms with Gasteiger partial charge in [-0.2, -0.15) is 0 Å². The largest absolute Gasteiger partial charge is 0.493 e. The Morgan fingerprint density at radius 3 is 2.38 bits per heavy atom. The van der Waals surface area contributed by atoms with Gasteiger partial charge in [0.05, 0.1) is 26.7 Å². The summed E-state index contributed by atoms with van der Waals surface area (Å²) in [6, 6.07) is 3.77. The van der Waals surface area contributed by atoms with Crippen LogP contribution in [0.1, 0.15) is 23.3 Å². The number of hydrogen-bond donors (Lipinski definition) is 1. The normalized spacial score (nSPS) is 13.3. The molecule has 0 atom stereocenters. The summed E-state index contributed by atoms with van der Waals surface area (Å²) < 4.78 is 16.3. The highest BCUT2D eigenvalue weighted by atomic mass is 32.1. The summed E-state index contributed by atoms with van der Waals surface area (Å²) in [5, 5.41) is 4.56. The zero-order valence-corrected chi connectivity index (χ0v) is 15.9. The molecule has 26 heavy (non-hydrogen) atoms. The Morgan fingerprint density at radius 1 is 0.962 bits per heavy atom. The highest BCUT2D eigenvalue weighted by Crippen LogP contribution is 2.42. The van der Waals surface area contributed by atoms with Gasteiger partial charge < -0.3 is 19.5 Å². The van der Waals surface area contributed by atoms with Crippen LogP contribution in [0.4, 0.5) is 11.5 Å². The highest BCUT2D eigenvalue weighted by molar-refractivity contribution is 7.19. The lowest BCUT2D eigenvalue weighted by molar-refractivity contribution is 0.324.